The van der Waals surface area contributed by atoms with Crippen molar-refractivity contribution < 1.29 is 4.74 Å². The minimum absolute atomic E-state index is 0.0963. The van der Waals surface area contributed by atoms with Gasteiger partial charge in [0.25, 0.3) is 0 Å². The van der Waals surface area contributed by atoms with E-state index in [1.54, 1.807) is 0 Å². The number of rotatable bonds is 9. The molecule has 0 aliphatic heterocycles. The highest BCUT2D eigenvalue weighted by Gasteiger charge is 2.25. The van der Waals surface area contributed by atoms with Gasteiger partial charge in [0.2, 0.25) is 11.8 Å². The van der Waals surface area contributed by atoms with Crippen LogP contribution in [0.5, 0.6) is 5.88 Å². The molecule has 0 aliphatic carbocycles. The first-order valence-electron chi connectivity index (χ1n) is 7.37. The number of halogens is 1. The van der Waals surface area contributed by atoms with Gasteiger partial charge in [-0.2, -0.15) is 4.98 Å². The summed E-state index contributed by atoms with van der Waals surface area (Å²) in [6, 6.07) is 1.86. The summed E-state index contributed by atoms with van der Waals surface area (Å²) in [5.41, 5.74) is 0.997. The summed E-state index contributed by atoms with van der Waals surface area (Å²) in [6.45, 7) is 9.80. The molecule has 0 fully saturated rings. The first-order valence-corrected chi connectivity index (χ1v) is 7.91. The molecule has 4 nitrogen and oxygen atoms in total. The van der Waals surface area contributed by atoms with Crippen LogP contribution in [0.25, 0.3) is 0 Å². The van der Waals surface area contributed by atoms with Crippen LogP contribution in [-0.4, -0.2) is 29.0 Å². The number of anilines is 1. The van der Waals surface area contributed by atoms with Crippen LogP contribution >= 0.6 is 11.6 Å². The molecule has 0 aliphatic rings. The zero-order valence-corrected chi connectivity index (χ0v) is 13.8. The number of aryl methyl sites for hydroxylation is 1. The molecule has 0 aromatic carbocycles. The predicted molar refractivity (Wildman–Crippen MR) is 84.8 cm³/mol. The van der Waals surface area contributed by atoms with Crippen LogP contribution in [0.1, 0.15) is 45.7 Å². The van der Waals surface area contributed by atoms with Gasteiger partial charge >= 0.3 is 0 Å². The lowest BCUT2D eigenvalue weighted by atomic mass is 9.84. The molecule has 1 heterocycles. The molecular weight excluding hydrogens is 274 g/mol. The van der Waals surface area contributed by atoms with Crippen LogP contribution < -0.4 is 10.1 Å². The first kappa shape index (κ1) is 17.0. The Morgan fingerprint density at radius 1 is 1.25 bits per heavy atom. The van der Waals surface area contributed by atoms with Crippen molar-refractivity contribution in [1.82, 2.24) is 9.97 Å². The summed E-state index contributed by atoms with van der Waals surface area (Å²) in [6.07, 6.45) is 3.03. The van der Waals surface area contributed by atoms with Gasteiger partial charge in [0.15, 0.2) is 0 Å². The molecular formula is C15H26ClN3O. The van der Waals surface area contributed by atoms with Gasteiger partial charge in [-0.1, -0.05) is 20.8 Å². The van der Waals surface area contributed by atoms with Crippen molar-refractivity contribution in [1.29, 1.82) is 0 Å². The van der Waals surface area contributed by atoms with Crippen LogP contribution in [-0.2, 0) is 0 Å². The fourth-order valence-corrected chi connectivity index (χ4v) is 2.37. The highest BCUT2D eigenvalue weighted by Crippen LogP contribution is 2.28. The van der Waals surface area contributed by atoms with Gasteiger partial charge in [0, 0.05) is 29.6 Å². The average Bonchev–Trinajstić information content (AvgIpc) is 2.47. The zero-order chi connectivity index (χ0) is 15.0. The summed E-state index contributed by atoms with van der Waals surface area (Å²) in [7, 11) is 0. The Bertz CT molecular complexity index is 400. The molecule has 20 heavy (non-hydrogen) atoms. The Morgan fingerprint density at radius 2 is 1.95 bits per heavy atom. The standard InChI is InChI=1S/C15H26ClN3O/c1-5-8-20-13-9-12(4)18-14(19-13)17-11-15(6-2,7-3)10-16/h9H,5-8,10-11H2,1-4H3,(H,17,18,19). The van der Waals surface area contributed by atoms with Crippen molar-refractivity contribution in [3.8, 4) is 5.88 Å². The Kier molecular flexibility index (Phi) is 7.06. The largest absolute Gasteiger partial charge is 0.478 e. The van der Waals surface area contributed by atoms with Crippen molar-refractivity contribution >= 4 is 17.5 Å². The van der Waals surface area contributed by atoms with Crippen LogP contribution in [0.3, 0.4) is 0 Å². The maximum absolute atomic E-state index is 6.12. The topological polar surface area (TPSA) is 47.0 Å². The van der Waals surface area contributed by atoms with E-state index in [0.717, 1.165) is 31.5 Å². The summed E-state index contributed by atoms with van der Waals surface area (Å²) in [5.74, 6) is 1.89. The second kappa shape index (κ2) is 8.30. The molecule has 1 aromatic rings. The third-order valence-electron chi connectivity index (χ3n) is 3.69. The monoisotopic (exact) mass is 299 g/mol. The summed E-state index contributed by atoms with van der Waals surface area (Å²) >= 11 is 6.12. The third-order valence-corrected chi connectivity index (χ3v) is 4.26. The molecule has 1 rings (SSSR count). The minimum atomic E-state index is 0.0963. The quantitative estimate of drug-likeness (QED) is 0.699. The molecule has 0 saturated carbocycles. The molecule has 0 unspecified atom stereocenters. The van der Waals surface area contributed by atoms with Gasteiger partial charge in [-0.05, 0) is 26.2 Å². The number of nitrogens with zero attached hydrogens (tertiary/aromatic N) is 2. The van der Waals surface area contributed by atoms with Crippen molar-refractivity contribution in [2.75, 3.05) is 24.3 Å². The van der Waals surface area contributed by atoms with Gasteiger partial charge in [0.1, 0.15) is 0 Å². The second-order valence-electron chi connectivity index (χ2n) is 5.21. The van der Waals surface area contributed by atoms with E-state index >= 15 is 0 Å². The molecule has 0 amide bonds. The van der Waals surface area contributed by atoms with Crippen molar-refractivity contribution in [3.05, 3.63) is 11.8 Å². The van der Waals surface area contributed by atoms with Gasteiger partial charge in [-0.3, -0.25) is 0 Å². The van der Waals surface area contributed by atoms with E-state index in [1.807, 2.05) is 13.0 Å². The highest BCUT2D eigenvalue weighted by molar-refractivity contribution is 6.18. The molecule has 0 bridgehead atoms. The summed E-state index contributed by atoms with van der Waals surface area (Å²) in [5, 5.41) is 3.31. The maximum Gasteiger partial charge on any atom is 0.226 e. The van der Waals surface area contributed by atoms with E-state index in [9.17, 15) is 0 Å². The van der Waals surface area contributed by atoms with E-state index in [2.05, 4.69) is 36.1 Å². The second-order valence-corrected chi connectivity index (χ2v) is 5.48. The number of alkyl halides is 1. The molecule has 1 aromatic heterocycles. The summed E-state index contributed by atoms with van der Waals surface area (Å²) < 4.78 is 5.57. The molecule has 0 radical (unpaired) electrons. The van der Waals surface area contributed by atoms with E-state index in [0.29, 0.717) is 24.3 Å². The molecule has 1 N–H and O–H groups in total. The number of hydrogen-bond acceptors (Lipinski definition) is 4. The number of nitrogens with one attached hydrogen (secondary N) is 1. The smallest absolute Gasteiger partial charge is 0.226 e. The Balaban J connectivity index is 2.74. The summed E-state index contributed by atoms with van der Waals surface area (Å²) in [4.78, 5) is 8.79. The number of ether oxygens (including phenoxy) is 1. The van der Waals surface area contributed by atoms with Crippen LogP contribution in [0, 0.1) is 12.3 Å². The van der Waals surface area contributed by atoms with Gasteiger partial charge in [0.05, 0.1) is 6.61 Å². The van der Waals surface area contributed by atoms with Crippen molar-refractivity contribution in [2.45, 2.75) is 47.0 Å². The van der Waals surface area contributed by atoms with Gasteiger partial charge in [-0.25, -0.2) is 4.98 Å². The van der Waals surface area contributed by atoms with Crippen LogP contribution in [0.4, 0.5) is 5.95 Å². The molecule has 0 saturated heterocycles. The minimum Gasteiger partial charge on any atom is -0.478 e. The zero-order valence-electron chi connectivity index (χ0n) is 13.0. The van der Waals surface area contributed by atoms with Gasteiger partial charge in [-0.15, -0.1) is 11.6 Å². The fraction of sp³-hybridized carbons (Fsp3) is 0.733. The molecule has 114 valence electrons. The van der Waals surface area contributed by atoms with Crippen LogP contribution in [0.15, 0.2) is 6.07 Å². The third kappa shape index (κ3) is 4.82. The maximum atomic E-state index is 6.12. The Morgan fingerprint density at radius 3 is 2.50 bits per heavy atom. The molecule has 5 heteroatoms. The Labute approximate surface area is 127 Å². The molecule has 0 atom stereocenters. The van der Waals surface area contributed by atoms with Gasteiger partial charge < -0.3 is 10.1 Å². The fourth-order valence-electron chi connectivity index (χ4n) is 1.90. The van der Waals surface area contributed by atoms with Crippen molar-refractivity contribution in [3.63, 3.8) is 0 Å². The lowest BCUT2D eigenvalue weighted by molar-refractivity contribution is 0.304. The van der Waals surface area contributed by atoms with E-state index < -0.39 is 0 Å². The first-order chi connectivity index (χ1) is 9.59. The SMILES string of the molecule is CCCOc1cc(C)nc(NCC(CC)(CC)CCl)n1. The Hall–Kier alpha value is -1.03. The van der Waals surface area contributed by atoms with E-state index in [-0.39, 0.29) is 5.41 Å². The predicted octanol–water partition coefficient (Wildman–Crippen LogP) is 4.03. The normalized spacial score (nSPS) is 11.4. The number of aromatic nitrogens is 2. The molecule has 0 spiro atoms. The highest BCUT2D eigenvalue weighted by atomic mass is 35.5. The lowest BCUT2D eigenvalue weighted by Gasteiger charge is -2.29. The van der Waals surface area contributed by atoms with E-state index in [4.69, 9.17) is 16.3 Å². The van der Waals surface area contributed by atoms with E-state index in [1.165, 1.54) is 0 Å². The van der Waals surface area contributed by atoms with Crippen molar-refractivity contribution in [2.24, 2.45) is 5.41 Å². The lowest BCUT2D eigenvalue weighted by Crippen LogP contribution is -2.31. The average molecular weight is 300 g/mol. The number of hydrogen-bond donors (Lipinski definition) is 1. The van der Waals surface area contributed by atoms with Crippen LogP contribution in [0.2, 0.25) is 0 Å².